The van der Waals surface area contributed by atoms with Crippen LogP contribution in [0.3, 0.4) is 0 Å². The average Bonchev–Trinajstić information content (AvgIpc) is 3.24. The molecule has 4 heteroatoms. The molecule has 1 aromatic heterocycles. The number of methoxy groups -OCH3 is 1. The van der Waals surface area contributed by atoms with Crippen LogP contribution in [0.15, 0.2) is 54.6 Å². The molecule has 1 unspecified atom stereocenters. The van der Waals surface area contributed by atoms with Gasteiger partial charge in [0, 0.05) is 5.69 Å². The zero-order chi connectivity index (χ0) is 18.1. The highest BCUT2D eigenvalue weighted by Crippen LogP contribution is 2.36. The number of esters is 1. The number of fused-ring (bicyclic) bond motifs is 1. The highest BCUT2D eigenvalue weighted by atomic mass is 16.5. The van der Waals surface area contributed by atoms with Crippen molar-refractivity contribution in [3.8, 4) is 16.9 Å². The number of nitrogens with one attached hydrogen (secondary N) is 1. The fourth-order valence-corrected chi connectivity index (χ4v) is 3.81. The molecule has 2 aromatic carbocycles. The van der Waals surface area contributed by atoms with Crippen molar-refractivity contribution in [1.82, 2.24) is 4.98 Å². The van der Waals surface area contributed by atoms with Crippen LogP contribution in [0.4, 0.5) is 0 Å². The summed E-state index contributed by atoms with van der Waals surface area (Å²) in [6, 6.07) is 17.7. The summed E-state index contributed by atoms with van der Waals surface area (Å²) in [5.41, 5.74) is 6.44. The summed E-state index contributed by atoms with van der Waals surface area (Å²) in [5, 5.41) is 9.46. The SMILES string of the molecule is COC(=O)c1cc2c([nH]1)CCC2Cc1cccc(-c2ccc(O)cc2)c1. The molecule has 4 rings (SSSR count). The molecular formula is C22H21NO3. The van der Waals surface area contributed by atoms with Gasteiger partial charge in [0.05, 0.1) is 7.11 Å². The Hall–Kier alpha value is -3.01. The zero-order valence-corrected chi connectivity index (χ0v) is 14.7. The van der Waals surface area contributed by atoms with Crippen molar-refractivity contribution in [2.45, 2.75) is 25.2 Å². The Morgan fingerprint density at radius 1 is 1.15 bits per heavy atom. The molecule has 1 heterocycles. The first kappa shape index (κ1) is 16.5. The minimum atomic E-state index is -0.313. The number of phenolic OH excluding ortho intramolecular Hbond substituents is 1. The van der Waals surface area contributed by atoms with Gasteiger partial charge < -0.3 is 14.8 Å². The molecule has 0 fully saturated rings. The molecule has 0 aliphatic heterocycles. The molecule has 0 radical (unpaired) electrons. The molecule has 4 nitrogen and oxygen atoms in total. The van der Waals surface area contributed by atoms with E-state index in [1.807, 2.05) is 18.2 Å². The largest absolute Gasteiger partial charge is 0.508 e. The topological polar surface area (TPSA) is 62.3 Å². The van der Waals surface area contributed by atoms with Crippen molar-refractivity contribution in [3.63, 3.8) is 0 Å². The number of aromatic amines is 1. The number of carbonyl (C=O) groups is 1. The van der Waals surface area contributed by atoms with Crippen LogP contribution in [0.5, 0.6) is 5.75 Å². The standard InChI is InChI=1S/C22H21NO3/c1-26-22(25)21-13-19-17(7-10-20(19)23-21)12-14-3-2-4-16(11-14)15-5-8-18(24)9-6-15/h2-6,8-9,11,13,17,23-24H,7,10,12H2,1H3. The lowest BCUT2D eigenvalue weighted by Crippen LogP contribution is -2.02. The zero-order valence-electron chi connectivity index (χ0n) is 14.7. The van der Waals surface area contributed by atoms with E-state index in [1.165, 1.54) is 18.2 Å². The number of hydrogen-bond donors (Lipinski definition) is 2. The molecule has 0 amide bonds. The lowest BCUT2D eigenvalue weighted by Gasteiger charge is -2.12. The van der Waals surface area contributed by atoms with Crippen LogP contribution < -0.4 is 0 Å². The van der Waals surface area contributed by atoms with Crippen molar-refractivity contribution in [1.29, 1.82) is 0 Å². The molecule has 26 heavy (non-hydrogen) atoms. The van der Waals surface area contributed by atoms with Gasteiger partial charge in [0.1, 0.15) is 11.4 Å². The monoisotopic (exact) mass is 347 g/mol. The maximum atomic E-state index is 11.7. The molecular weight excluding hydrogens is 326 g/mol. The number of hydrogen-bond acceptors (Lipinski definition) is 3. The molecule has 0 saturated carbocycles. The predicted molar refractivity (Wildman–Crippen MR) is 100 cm³/mol. The Labute approximate surface area is 152 Å². The Bertz CT molecular complexity index is 940. The van der Waals surface area contributed by atoms with E-state index in [0.29, 0.717) is 11.6 Å². The predicted octanol–water partition coefficient (Wildman–Crippen LogP) is 4.45. The smallest absolute Gasteiger partial charge is 0.354 e. The van der Waals surface area contributed by atoms with E-state index in [2.05, 4.69) is 29.2 Å². The molecule has 1 aliphatic carbocycles. The van der Waals surface area contributed by atoms with Crippen LogP contribution in [-0.4, -0.2) is 23.2 Å². The lowest BCUT2D eigenvalue weighted by atomic mass is 9.93. The highest BCUT2D eigenvalue weighted by Gasteiger charge is 2.26. The quantitative estimate of drug-likeness (QED) is 0.686. The van der Waals surface area contributed by atoms with Crippen molar-refractivity contribution < 1.29 is 14.6 Å². The second-order valence-electron chi connectivity index (χ2n) is 6.80. The van der Waals surface area contributed by atoms with Crippen LogP contribution >= 0.6 is 0 Å². The van der Waals surface area contributed by atoms with Crippen LogP contribution in [0.25, 0.3) is 11.1 Å². The van der Waals surface area contributed by atoms with Gasteiger partial charge >= 0.3 is 5.97 Å². The average molecular weight is 347 g/mol. The molecule has 0 bridgehead atoms. The van der Waals surface area contributed by atoms with E-state index in [4.69, 9.17) is 4.74 Å². The fraction of sp³-hybridized carbons (Fsp3) is 0.227. The maximum Gasteiger partial charge on any atom is 0.354 e. The third-order valence-corrected chi connectivity index (χ3v) is 5.13. The fourth-order valence-electron chi connectivity index (χ4n) is 3.81. The second kappa shape index (κ2) is 6.71. The van der Waals surface area contributed by atoms with E-state index in [9.17, 15) is 9.90 Å². The normalized spacial score (nSPS) is 15.7. The third-order valence-electron chi connectivity index (χ3n) is 5.13. The second-order valence-corrected chi connectivity index (χ2v) is 6.80. The molecule has 1 atom stereocenters. The van der Waals surface area contributed by atoms with Crippen LogP contribution in [0.2, 0.25) is 0 Å². The van der Waals surface area contributed by atoms with E-state index in [-0.39, 0.29) is 11.7 Å². The summed E-state index contributed by atoms with van der Waals surface area (Å²) in [4.78, 5) is 14.9. The first-order valence-corrected chi connectivity index (χ1v) is 8.82. The lowest BCUT2D eigenvalue weighted by molar-refractivity contribution is 0.0594. The van der Waals surface area contributed by atoms with E-state index < -0.39 is 0 Å². The van der Waals surface area contributed by atoms with Gasteiger partial charge in [-0.15, -0.1) is 0 Å². The molecule has 132 valence electrons. The highest BCUT2D eigenvalue weighted by molar-refractivity contribution is 5.88. The van der Waals surface area contributed by atoms with Gasteiger partial charge in [-0.3, -0.25) is 0 Å². The Morgan fingerprint density at radius 2 is 1.96 bits per heavy atom. The summed E-state index contributed by atoms with van der Waals surface area (Å²) >= 11 is 0. The minimum absolute atomic E-state index is 0.275. The number of rotatable bonds is 4. The molecule has 1 aliphatic rings. The Morgan fingerprint density at radius 3 is 2.73 bits per heavy atom. The number of aromatic hydroxyl groups is 1. The van der Waals surface area contributed by atoms with Crippen LogP contribution in [0.1, 0.15) is 39.6 Å². The number of benzene rings is 2. The maximum absolute atomic E-state index is 11.7. The summed E-state index contributed by atoms with van der Waals surface area (Å²) in [7, 11) is 1.40. The van der Waals surface area contributed by atoms with Crippen molar-refractivity contribution in [2.24, 2.45) is 0 Å². The molecule has 0 saturated heterocycles. The molecule has 3 aromatic rings. The number of H-pyrrole nitrogens is 1. The van der Waals surface area contributed by atoms with E-state index >= 15 is 0 Å². The Kier molecular flexibility index (Phi) is 4.25. The van der Waals surface area contributed by atoms with Gasteiger partial charge in [0.25, 0.3) is 0 Å². The van der Waals surface area contributed by atoms with Crippen LogP contribution in [-0.2, 0) is 17.6 Å². The summed E-state index contributed by atoms with van der Waals surface area (Å²) in [6.45, 7) is 0. The van der Waals surface area contributed by atoms with Gasteiger partial charge in [-0.05, 0) is 65.6 Å². The van der Waals surface area contributed by atoms with Gasteiger partial charge in [0.2, 0.25) is 0 Å². The summed E-state index contributed by atoms with van der Waals surface area (Å²) in [6.07, 6.45) is 3.00. The van der Waals surface area contributed by atoms with Gasteiger partial charge in [-0.1, -0.05) is 36.4 Å². The van der Waals surface area contributed by atoms with Gasteiger partial charge in [-0.25, -0.2) is 4.79 Å². The summed E-state index contributed by atoms with van der Waals surface area (Å²) in [5.74, 6) is 0.374. The first-order chi connectivity index (χ1) is 12.6. The van der Waals surface area contributed by atoms with E-state index in [0.717, 1.165) is 36.1 Å². The van der Waals surface area contributed by atoms with Crippen molar-refractivity contribution in [2.75, 3.05) is 7.11 Å². The number of aromatic nitrogens is 1. The van der Waals surface area contributed by atoms with E-state index in [1.54, 1.807) is 12.1 Å². The number of aryl methyl sites for hydroxylation is 1. The number of phenols is 1. The van der Waals surface area contributed by atoms with Crippen LogP contribution in [0, 0.1) is 0 Å². The number of carbonyl (C=O) groups excluding carboxylic acids is 1. The van der Waals surface area contributed by atoms with Crippen molar-refractivity contribution >= 4 is 5.97 Å². The third kappa shape index (κ3) is 3.10. The van der Waals surface area contributed by atoms with Gasteiger partial charge in [-0.2, -0.15) is 0 Å². The summed E-state index contributed by atoms with van der Waals surface area (Å²) < 4.78 is 4.81. The number of ether oxygens (including phenoxy) is 1. The Balaban J connectivity index is 1.56. The minimum Gasteiger partial charge on any atom is -0.508 e. The molecule has 2 N–H and O–H groups in total. The van der Waals surface area contributed by atoms with Crippen molar-refractivity contribution in [3.05, 3.63) is 77.1 Å². The molecule has 0 spiro atoms. The first-order valence-electron chi connectivity index (χ1n) is 8.82. The van der Waals surface area contributed by atoms with Gasteiger partial charge in [0.15, 0.2) is 0 Å².